The number of rotatable bonds is 11. The third-order valence-electron chi connectivity index (χ3n) is 3.85. The molecule has 22 heavy (non-hydrogen) atoms. The molecule has 0 aliphatic rings. The lowest BCUT2D eigenvalue weighted by Crippen LogP contribution is -2.32. The van der Waals surface area contributed by atoms with Crippen molar-refractivity contribution in [1.82, 2.24) is 4.57 Å². The van der Waals surface area contributed by atoms with E-state index in [9.17, 15) is 0 Å². The van der Waals surface area contributed by atoms with E-state index in [1.165, 1.54) is 31.2 Å². The highest BCUT2D eigenvalue weighted by Crippen LogP contribution is 2.03. The van der Waals surface area contributed by atoms with Gasteiger partial charge in [-0.1, -0.05) is 50.1 Å². The largest absolute Gasteiger partial charge is 0.342 e. The van der Waals surface area contributed by atoms with Gasteiger partial charge in [-0.15, -0.1) is 0 Å². The predicted octanol–water partition coefficient (Wildman–Crippen LogP) is 3.96. The molecule has 0 fully saturated rings. The number of ether oxygens (including phenoxy) is 1. The topological polar surface area (TPSA) is 18.0 Å². The van der Waals surface area contributed by atoms with Crippen molar-refractivity contribution in [2.24, 2.45) is 0 Å². The molecule has 0 atom stereocenters. The second-order valence-electron chi connectivity index (χ2n) is 5.85. The van der Waals surface area contributed by atoms with E-state index < -0.39 is 0 Å². The van der Waals surface area contributed by atoms with Crippen molar-refractivity contribution in [3.8, 4) is 0 Å². The van der Waals surface area contributed by atoms with Crippen molar-refractivity contribution >= 4 is 0 Å². The Balaban J connectivity index is 1.56. The van der Waals surface area contributed by atoms with Crippen LogP contribution < -0.4 is 4.57 Å². The van der Waals surface area contributed by atoms with Gasteiger partial charge in [0, 0.05) is 0 Å². The van der Waals surface area contributed by atoms with Crippen LogP contribution in [0.3, 0.4) is 0 Å². The van der Waals surface area contributed by atoms with Crippen LogP contribution in [0.4, 0.5) is 0 Å². The molecule has 0 spiro atoms. The maximum Gasteiger partial charge on any atom is 0.245 e. The summed E-state index contributed by atoms with van der Waals surface area (Å²) in [5, 5.41) is 0. The van der Waals surface area contributed by atoms with Gasteiger partial charge in [0.1, 0.15) is 12.4 Å². The molecule has 0 radical (unpaired) electrons. The van der Waals surface area contributed by atoms with E-state index in [1.807, 2.05) is 0 Å². The van der Waals surface area contributed by atoms with Crippen molar-refractivity contribution in [3.63, 3.8) is 0 Å². The number of unbranched alkanes of at least 4 members (excludes halogenated alkanes) is 3. The van der Waals surface area contributed by atoms with Gasteiger partial charge in [0.2, 0.25) is 6.33 Å². The SMILES string of the molecule is CCCCCCn1cc[n+](COCCCc2ccccc2)c1. The summed E-state index contributed by atoms with van der Waals surface area (Å²) in [6.45, 7) is 4.82. The number of imidazole rings is 1. The number of hydrogen-bond donors (Lipinski definition) is 0. The Morgan fingerprint density at radius 2 is 1.91 bits per heavy atom. The van der Waals surface area contributed by atoms with Gasteiger partial charge in [-0.05, 0) is 31.2 Å². The van der Waals surface area contributed by atoms with Gasteiger partial charge in [0.15, 0.2) is 6.73 Å². The van der Waals surface area contributed by atoms with Crippen molar-refractivity contribution < 1.29 is 9.30 Å². The van der Waals surface area contributed by atoms with E-state index in [1.54, 1.807) is 0 Å². The lowest BCUT2D eigenvalue weighted by molar-refractivity contribution is -0.732. The fraction of sp³-hybridized carbons (Fsp3) is 0.526. The Morgan fingerprint density at radius 1 is 1.05 bits per heavy atom. The molecule has 2 rings (SSSR count). The Morgan fingerprint density at radius 3 is 2.73 bits per heavy atom. The van der Waals surface area contributed by atoms with Crippen LogP contribution in [0.15, 0.2) is 49.1 Å². The van der Waals surface area contributed by atoms with E-state index >= 15 is 0 Å². The number of benzene rings is 1. The van der Waals surface area contributed by atoms with Crippen LogP contribution >= 0.6 is 0 Å². The average molecular weight is 301 g/mol. The molecule has 3 heteroatoms. The third kappa shape index (κ3) is 6.44. The second kappa shape index (κ2) is 10.2. The maximum absolute atomic E-state index is 5.75. The quantitative estimate of drug-likeness (QED) is 0.454. The van der Waals surface area contributed by atoms with Crippen molar-refractivity contribution in [2.75, 3.05) is 6.61 Å². The normalized spacial score (nSPS) is 11.0. The first-order valence-electron chi connectivity index (χ1n) is 8.55. The van der Waals surface area contributed by atoms with Crippen molar-refractivity contribution in [2.45, 2.75) is 58.7 Å². The van der Waals surface area contributed by atoms with Crippen LogP contribution in [0.5, 0.6) is 0 Å². The Hall–Kier alpha value is -1.61. The zero-order valence-corrected chi connectivity index (χ0v) is 13.8. The second-order valence-corrected chi connectivity index (χ2v) is 5.85. The first-order chi connectivity index (χ1) is 10.9. The number of hydrogen-bond acceptors (Lipinski definition) is 1. The smallest absolute Gasteiger partial charge is 0.245 e. The molecule has 0 bridgehead atoms. The highest BCUT2D eigenvalue weighted by Gasteiger charge is 2.03. The molecular formula is C19H29N2O+. The number of aromatic nitrogens is 2. The summed E-state index contributed by atoms with van der Waals surface area (Å²) in [5.41, 5.74) is 1.39. The van der Waals surface area contributed by atoms with Crippen LogP contribution in [-0.2, 0) is 24.4 Å². The van der Waals surface area contributed by atoms with Crippen LogP contribution in [0.2, 0.25) is 0 Å². The molecular weight excluding hydrogens is 272 g/mol. The predicted molar refractivity (Wildman–Crippen MR) is 89.5 cm³/mol. The summed E-state index contributed by atoms with van der Waals surface area (Å²) >= 11 is 0. The fourth-order valence-corrected chi connectivity index (χ4v) is 2.56. The molecule has 1 heterocycles. The Labute approximate surface area is 134 Å². The average Bonchev–Trinajstić information content (AvgIpc) is 3.00. The Bertz CT molecular complexity index is 507. The summed E-state index contributed by atoms with van der Waals surface area (Å²) < 4.78 is 10.1. The van der Waals surface area contributed by atoms with Gasteiger partial charge in [-0.2, -0.15) is 0 Å². The van der Waals surface area contributed by atoms with Crippen LogP contribution in [0.25, 0.3) is 0 Å². The minimum absolute atomic E-state index is 0.650. The first kappa shape index (κ1) is 16.8. The van der Waals surface area contributed by atoms with Crippen LogP contribution in [0.1, 0.15) is 44.6 Å². The van der Waals surface area contributed by atoms with Crippen LogP contribution in [0, 0.1) is 0 Å². The van der Waals surface area contributed by atoms with Gasteiger partial charge in [0.25, 0.3) is 0 Å². The van der Waals surface area contributed by atoms with E-state index in [0.717, 1.165) is 26.0 Å². The lowest BCUT2D eigenvalue weighted by atomic mass is 10.1. The van der Waals surface area contributed by atoms with Gasteiger partial charge in [-0.25, -0.2) is 9.13 Å². The van der Waals surface area contributed by atoms with E-state index in [4.69, 9.17) is 4.74 Å². The standard InChI is InChI=1S/C19H29N2O/c1-2-3-4-8-13-20-14-15-21(17-20)18-22-16-9-12-19-10-6-5-7-11-19/h5-7,10-11,14-15,17H,2-4,8-9,12-13,16,18H2,1H3/q+1. The molecule has 0 N–H and O–H groups in total. The third-order valence-corrected chi connectivity index (χ3v) is 3.85. The van der Waals surface area contributed by atoms with E-state index in [0.29, 0.717) is 6.73 Å². The minimum Gasteiger partial charge on any atom is -0.342 e. The molecule has 0 amide bonds. The van der Waals surface area contributed by atoms with Gasteiger partial charge >= 0.3 is 0 Å². The molecule has 0 aliphatic carbocycles. The Kier molecular flexibility index (Phi) is 7.75. The molecule has 2 aromatic rings. The molecule has 0 saturated carbocycles. The summed E-state index contributed by atoms with van der Waals surface area (Å²) in [6.07, 6.45) is 13.8. The molecule has 0 unspecified atom stereocenters. The zero-order chi connectivity index (χ0) is 15.5. The zero-order valence-electron chi connectivity index (χ0n) is 13.8. The van der Waals surface area contributed by atoms with Gasteiger partial charge in [0.05, 0.1) is 13.2 Å². The van der Waals surface area contributed by atoms with Crippen LogP contribution in [-0.4, -0.2) is 11.2 Å². The first-order valence-corrected chi connectivity index (χ1v) is 8.55. The lowest BCUT2D eigenvalue weighted by Gasteiger charge is -2.02. The summed E-state index contributed by atoms with van der Waals surface area (Å²) in [5.74, 6) is 0. The monoisotopic (exact) mass is 301 g/mol. The fourth-order valence-electron chi connectivity index (χ4n) is 2.56. The van der Waals surface area contributed by atoms with E-state index in [2.05, 4.69) is 65.1 Å². The number of nitrogens with zero attached hydrogens (tertiary/aromatic N) is 2. The molecule has 0 aliphatic heterocycles. The highest BCUT2D eigenvalue weighted by molar-refractivity contribution is 5.14. The summed E-state index contributed by atoms with van der Waals surface area (Å²) in [7, 11) is 0. The maximum atomic E-state index is 5.75. The molecule has 1 aromatic heterocycles. The molecule has 3 nitrogen and oxygen atoms in total. The van der Waals surface area contributed by atoms with E-state index in [-0.39, 0.29) is 0 Å². The van der Waals surface area contributed by atoms with Crippen molar-refractivity contribution in [1.29, 1.82) is 0 Å². The highest BCUT2D eigenvalue weighted by atomic mass is 16.5. The minimum atomic E-state index is 0.650. The number of aryl methyl sites for hydroxylation is 2. The van der Waals surface area contributed by atoms with Crippen molar-refractivity contribution in [3.05, 3.63) is 54.6 Å². The molecule has 0 saturated heterocycles. The summed E-state index contributed by atoms with van der Waals surface area (Å²) in [4.78, 5) is 0. The van der Waals surface area contributed by atoms with Gasteiger partial charge in [-0.3, -0.25) is 0 Å². The molecule has 1 aromatic carbocycles. The molecule has 120 valence electrons. The van der Waals surface area contributed by atoms with Gasteiger partial charge < -0.3 is 4.74 Å². The summed E-state index contributed by atoms with van der Waals surface area (Å²) in [6, 6.07) is 10.6.